The summed E-state index contributed by atoms with van der Waals surface area (Å²) in [6.07, 6.45) is 0. The molecule has 0 N–H and O–H groups in total. The van der Waals surface area contributed by atoms with Gasteiger partial charge in [0.2, 0.25) is 0 Å². The Labute approximate surface area is 245 Å². The van der Waals surface area contributed by atoms with Gasteiger partial charge in [-0.15, -0.1) is 0 Å². The van der Waals surface area contributed by atoms with Gasteiger partial charge in [0.1, 0.15) is 5.69 Å². The van der Waals surface area contributed by atoms with Crippen molar-refractivity contribution < 1.29 is 4.42 Å². The van der Waals surface area contributed by atoms with Crippen LogP contribution in [0, 0.1) is 0 Å². The van der Waals surface area contributed by atoms with Crippen molar-refractivity contribution in [1.29, 1.82) is 0 Å². The molecule has 0 atom stereocenters. The van der Waals surface area contributed by atoms with Gasteiger partial charge >= 0.3 is 5.84 Å². The minimum atomic E-state index is -0.0895. The van der Waals surface area contributed by atoms with Crippen molar-refractivity contribution in [2.75, 3.05) is 0 Å². The third-order valence-electron chi connectivity index (χ3n) is 9.87. The molecular weight excluding hydrogens is 512 g/mol. The Kier molecular flexibility index (Phi) is 4.47. The highest BCUT2D eigenvalue weighted by Gasteiger charge is 2.37. The van der Waals surface area contributed by atoms with E-state index in [0.717, 1.165) is 33.6 Å². The SMILES string of the molecule is CC1(C)c2ccccc2-c2ccc(-c3nc4oc5ccccc5n4c3-c3ccc4c(c3)C(C)(C)c3ccccc3-4)cc21. The molecule has 0 radical (unpaired) electrons. The number of nitrogens with zero attached hydrogens (tertiary/aromatic N) is 2. The second-order valence-corrected chi connectivity index (χ2v) is 12.9. The van der Waals surface area contributed by atoms with Crippen LogP contribution in [0.25, 0.3) is 61.7 Å². The van der Waals surface area contributed by atoms with Crippen molar-refractivity contribution in [2.24, 2.45) is 0 Å². The number of benzene rings is 5. The summed E-state index contributed by atoms with van der Waals surface area (Å²) in [7, 11) is 0. The molecule has 2 heterocycles. The number of aromatic nitrogens is 2. The molecule has 2 aliphatic rings. The molecule has 0 fully saturated rings. The molecular formula is C39H30N2O. The third kappa shape index (κ3) is 2.93. The lowest BCUT2D eigenvalue weighted by Crippen LogP contribution is -2.15. The number of para-hydroxylation sites is 2. The molecule has 0 spiro atoms. The van der Waals surface area contributed by atoms with E-state index >= 15 is 0 Å². The first kappa shape index (κ1) is 23.8. The van der Waals surface area contributed by atoms with E-state index in [1.54, 1.807) is 0 Å². The zero-order valence-corrected chi connectivity index (χ0v) is 24.2. The fourth-order valence-electron chi connectivity index (χ4n) is 7.69. The van der Waals surface area contributed by atoms with Crippen LogP contribution in [-0.4, -0.2) is 9.38 Å². The lowest BCUT2D eigenvalue weighted by atomic mass is 9.81. The Morgan fingerprint density at radius 2 is 1.07 bits per heavy atom. The first-order valence-electron chi connectivity index (χ1n) is 14.7. The zero-order valence-electron chi connectivity index (χ0n) is 24.2. The van der Waals surface area contributed by atoms with Crippen LogP contribution in [0.3, 0.4) is 0 Å². The number of oxazole rings is 1. The number of imidazole rings is 1. The van der Waals surface area contributed by atoms with E-state index in [9.17, 15) is 0 Å². The Morgan fingerprint density at radius 1 is 0.548 bits per heavy atom. The molecule has 42 heavy (non-hydrogen) atoms. The fraction of sp³-hybridized carbons (Fsp3) is 0.154. The molecule has 5 aromatic carbocycles. The first-order chi connectivity index (χ1) is 20.3. The Morgan fingerprint density at radius 3 is 1.74 bits per heavy atom. The summed E-state index contributed by atoms with van der Waals surface area (Å²) in [6, 6.07) is 39.6. The molecule has 9 rings (SSSR count). The summed E-state index contributed by atoms with van der Waals surface area (Å²) in [6.45, 7) is 9.33. The standard InChI is InChI=1S/C39H30N2O/c1-38(2)29-13-7-5-11-25(29)27-19-17-23(21-31(27)38)35-36(41-33-15-9-10-16-34(33)42-37(41)40-35)24-18-20-28-26-12-6-8-14-30(26)39(3,4)32(28)22-24/h5-22H,1-4H3. The number of hydrogen-bond donors (Lipinski definition) is 0. The molecule has 3 heteroatoms. The zero-order chi connectivity index (χ0) is 28.4. The topological polar surface area (TPSA) is 30.4 Å². The smallest absolute Gasteiger partial charge is 0.307 e. The van der Waals surface area contributed by atoms with Gasteiger partial charge in [0, 0.05) is 22.0 Å². The Bertz CT molecular complexity index is 2260. The van der Waals surface area contributed by atoms with E-state index in [0.29, 0.717) is 5.84 Å². The van der Waals surface area contributed by atoms with E-state index in [1.807, 2.05) is 12.1 Å². The largest absolute Gasteiger partial charge is 0.423 e. The minimum absolute atomic E-state index is 0.0863. The van der Waals surface area contributed by atoms with E-state index in [4.69, 9.17) is 9.40 Å². The Hall–Kier alpha value is -4.89. The van der Waals surface area contributed by atoms with E-state index in [-0.39, 0.29) is 10.8 Å². The van der Waals surface area contributed by atoms with Gasteiger partial charge in [-0.1, -0.05) is 113 Å². The third-order valence-corrected chi connectivity index (χ3v) is 9.87. The molecule has 2 aliphatic carbocycles. The van der Waals surface area contributed by atoms with Crippen LogP contribution in [0.1, 0.15) is 49.9 Å². The van der Waals surface area contributed by atoms with Gasteiger partial charge in [-0.3, -0.25) is 4.40 Å². The number of rotatable bonds is 2. The molecule has 0 saturated carbocycles. The van der Waals surface area contributed by atoms with E-state index in [1.165, 1.54) is 44.5 Å². The van der Waals surface area contributed by atoms with Crippen LogP contribution in [0.4, 0.5) is 0 Å². The summed E-state index contributed by atoms with van der Waals surface area (Å²) < 4.78 is 8.54. The average Bonchev–Trinajstić information content (AvgIpc) is 3.69. The van der Waals surface area contributed by atoms with Crippen molar-refractivity contribution in [3.63, 3.8) is 0 Å². The summed E-state index contributed by atoms with van der Waals surface area (Å²) in [5.74, 6) is 0.618. The molecule has 7 aromatic rings. The van der Waals surface area contributed by atoms with Crippen molar-refractivity contribution in [3.05, 3.63) is 131 Å². The van der Waals surface area contributed by atoms with Crippen LogP contribution in [0.2, 0.25) is 0 Å². The first-order valence-corrected chi connectivity index (χ1v) is 14.7. The van der Waals surface area contributed by atoms with Gasteiger partial charge < -0.3 is 4.42 Å². The van der Waals surface area contributed by atoms with Gasteiger partial charge in [-0.25, -0.2) is 0 Å². The van der Waals surface area contributed by atoms with Gasteiger partial charge in [0.25, 0.3) is 0 Å². The molecule has 0 amide bonds. The van der Waals surface area contributed by atoms with E-state index in [2.05, 4.69) is 129 Å². The second-order valence-electron chi connectivity index (χ2n) is 12.9. The molecule has 0 bridgehead atoms. The molecule has 0 aliphatic heterocycles. The van der Waals surface area contributed by atoms with E-state index < -0.39 is 0 Å². The van der Waals surface area contributed by atoms with Crippen molar-refractivity contribution in [2.45, 2.75) is 38.5 Å². The fourth-order valence-corrected chi connectivity index (χ4v) is 7.69. The molecule has 0 unspecified atom stereocenters. The highest BCUT2D eigenvalue weighted by atomic mass is 16.4. The van der Waals surface area contributed by atoms with Crippen LogP contribution >= 0.6 is 0 Å². The van der Waals surface area contributed by atoms with Crippen LogP contribution in [0.15, 0.2) is 114 Å². The number of fused-ring (bicyclic) bond motifs is 9. The lowest BCUT2D eigenvalue weighted by molar-refractivity contribution is 0.642. The second kappa shape index (κ2) is 7.89. The maximum Gasteiger partial charge on any atom is 0.307 e. The predicted octanol–water partition coefficient (Wildman–Crippen LogP) is 10.0. The summed E-state index contributed by atoms with van der Waals surface area (Å²) in [5.41, 5.74) is 16.7. The van der Waals surface area contributed by atoms with Gasteiger partial charge in [0.05, 0.1) is 11.2 Å². The molecule has 202 valence electrons. The number of hydrogen-bond acceptors (Lipinski definition) is 2. The van der Waals surface area contributed by atoms with Crippen LogP contribution in [0.5, 0.6) is 0 Å². The molecule has 2 aromatic heterocycles. The highest BCUT2D eigenvalue weighted by Crippen LogP contribution is 2.52. The van der Waals surface area contributed by atoms with Crippen molar-refractivity contribution in [1.82, 2.24) is 9.38 Å². The lowest BCUT2D eigenvalue weighted by Gasteiger charge is -2.22. The summed E-state index contributed by atoms with van der Waals surface area (Å²) >= 11 is 0. The average molecular weight is 543 g/mol. The summed E-state index contributed by atoms with van der Waals surface area (Å²) in [4.78, 5) is 5.18. The maximum atomic E-state index is 6.34. The Balaban J connectivity index is 1.31. The highest BCUT2D eigenvalue weighted by molar-refractivity contribution is 5.92. The summed E-state index contributed by atoms with van der Waals surface area (Å²) in [5, 5.41) is 0. The maximum absolute atomic E-state index is 6.34. The predicted molar refractivity (Wildman–Crippen MR) is 171 cm³/mol. The quantitative estimate of drug-likeness (QED) is 0.218. The van der Waals surface area contributed by atoms with Crippen LogP contribution < -0.4 is 0 Å². The van der Waals surface area contributed by atoms with Gasteiger partial charge in [-0.2, -0.15) is 4.98 Å². The van der Waals surface area contributed by atoms with Gasteiger partial charge in [-0.05, 0) is 68.8 Å². The molecule has 3 nitrogen and oxygen atoms in total. The van der Waals surface area contributed by atoms with Crippen molar-refractivity contribution in [3.8, 4) is 44.8 Å². The van der Waals surface area contributed by atoms with Gasteiger partial charge in [0.15, 0.2) is 5.58 Å². The normalized spacial score (nSPS) is 15.5. The molecule has 0 saturated heterocycles. The van der Waals surface area contributed by atoms with Crippen LogP contribution in [-0.2, 0) is 10.8 Å². The van der Waals surface area contributed by atoms with Crippen molar-refractivity contribution >= 4 is 16.9 Å². The minimum Gasteiger partial charge on any atom is -0.423 e. The monoisotopic (exact) mass is 542 g/mol.